The molecule has 5 heteroatoms. The third-order valence-electron chi connectivity index (χ3n) is 2.70. The van der Waals surface area contributed by atoms with E-state index in [2.05, 4.69) is 5.10 Å². The zero-order valence-corrected chi connectivity index (χ0v) is 11.1. The number of hydrogen-bond acceptors (Lipinski definition) is 2. The maximum atomic E-state index is 13.2. The summed E-state index contributed by atoms with van der Waals surface area (Å²) in [6.45, 7) is 0. The second-order valence-electron chi connectivity index (χ2n) is 4.11. The van der Waals surface area contributed by atoms with Gasteiger partial charge in [-0.2, -0.15) is 5.10 Å². The first-order chi connectivity index (χ1) is 9.74. The summed E-state index contributed by atoms with van der Waals surface area (Å²) in [5.41, 5.74) is 0.540. The molecule has 0 spiro atoms. The van der Waals surface area contributed by atoms with Gasteiger partial charge < -0.3 is 4.74 Å². The van der Waals surface area contributed by atoms with Crippen LogP contribution in [0.15, 0.2) is 60.8 Å². The van der Waals surface area contributed by atoms with Crippen molar-refractivity contribution in [1.29, 1.82) is 0 Å². The number of rotatable bonds is 3. The number of ether oxygens (including phenoxy) is 1. The largest absolute Gasteiger partial charge is 0.452 e. The molecule has 0 amide bonds. The Balaban J connectivity index is 1.93. The average Bonchev–Trinajstić information content (AvgIpc) is 2.81. The molecule has 0 N–H and O–H groups in total. The zero-order chi connectivity index (χ0) is 13.9. The van der Waals surface area contributed by atoms with E-state index in [9.17, 15) is 4.39 Å². The number of benzene rings is 2. The van der Waals surface area contributed by atoms with Crippen molar-refractivity contribution in [2.75, 3.05) is 0 Å². The first-order valence-corrected chi connectivity index (χ1v) is 6.34. The van der Waals surface area contributed by atoms with Crippen LogP contribution in [0.3, 0.4) is 0 Å². The number of halogens is 2. The highest BCUT2D eigenvalue weighted by Gasteiger charge is 2.12. The fourth-order valence-corrected chi connectivity index (χ4v) is 2.02. The highest BCUT2D eigenvalue weighted by Crippen LogP contribution is 2.30. The standard InChI is InChI=1S/C15H10ClFN2O/c16-15-14(20-13-7-2-1-3-8-13)10-18-19(15)12-6-4-5-11(17)9-12/h1-10H. The maximum absolute atomic E-state index is 13.2. The van der Waals surface area contributed by atoms with Crippen molar-refractivity contribution in [3.05, 3.63) is 71.8 Å². The van der Waals surface area contributed by atoms with Gasteiger partial charge in [0.1, 0.15) is 11.6 Å². The van der Waals surface area contributed by atoms with Crippen LogP contribution >= 0.6 is 11.6 Å². The Hall–Kier alpha value is -2.33. The van der Waals surface area contributed by atoms with Crippen molar-refractivity contribution in [2.45, 2.75) is 0 Å². The molecule has 0 aliphatic rings. The Bertz CT molecular complexity index is 728. The summed E-state index contributed by atoms with van der Waals surface area (Å²) < 4.78 is 20.3. The van der Waals surface area contributed by atoms with Crippen LogP contribution < -0.4 is 4.74 Å². The fraction of sp³-hybridized carbons (Fsp3) is 0. The summed E-state index contributed by atoms with van der Waals surface area (Å²) in [5, 5.41) is 4.41. The fourth-order valence-electron chi connectivity index (χ4n) is 1.79. The highest BCUT2D eigenvalue weighted by molar-refractivity contribution is 6.31. The molecule has 1 heterocycles. The molecule has 0 fully saturated rings. The van der Waals surface area contributed by atoms with Crippen molar-refractivity contribution in [3.63, 3.8) is 0 Å². The van der Waals surface area contributed by atoms with Gasteiger partial charge in [0.05, 0.1) is 11.9 Å². The summed E-state index contributed by atoms with van der Waals surface area (Å²) in [6, 6.07) is 15.3. The number of nitrogens with zero attached hydrogens (tertiary/aromatic N) is 2. The predicted molar refractivity (Wildman–Crippen MR) is 75.0 cm³/mol. The number of hydrogen-bond donors (Lipinski definition) is 0. The molecule has 2 aromatic carbocycles. The van der Waals surface area contributed by atoms with Crippen molar-refractivity contribution >= 4 is 11.6 Å². The molecule has 0 saturated carbocycles. The lowest BCUT2D eigenvalue weighted by Gasteiger charge is -2.05. The molecule has 3 rings (SSSR count). The number of aromatic nitrogens is 2. The third kappa shape index (κ3) is 2.51. The molecule has 100 valence electrons. The Morgan fingerprint density at radius 1 is 1.05 bits per heavy atom. The van der Waals surface area contributed by atoms with Crippen LogP contribution in [0.2, 0.25) is 5.15 Å². The van der Waals surface area contributed by atoms with E-state index in [1.807, 2.05) is 30.3 Å². The molecule has 0 aliphatic carbocycles. The van der Waals surface area contributed by atoms with E-state index < -0.39 is 0 Å². The van der Waals surface area contributed by atoms with E-state index in [1.165, 1.54) is 23.0 Å². The molecular formula is C15H10ClFN2O. The minimum Gasteiger partial charge on any atom is -0.452 e. The van der Waals surface area contributed by atoms with Crippen LogP contribution in [0.25, 0.3) is 5.69 Å². The molecule has 0 radical (unpaired) electrons. The molecule has 0 aliphatic heterocycles. The van der Waals surface area contributed by atoms with E-state index in [0.717, 1.165) is 0 Å². The van der Waals surface area contributed by atoms with Crippen LogP contribution in [0, 0.1) is 5.82 Å². The monoisotopic (exact) mass is 288 g/mol. The molecule has 3 nitrogen and oxygen atoms in total. The molecule has 1 aromatic heterocycles. The second-order valence-corrected chi connectivity index (χ2v) is 4.46. The van der Waals surface area contributed by atoms with Crippen molar-refractivity contribution < 1.29 is 9.13 Å². The second kappa shape index (κ2) is 5.35. The lowest BCUT2D eigenvalue weighted by atomic mass is 10.3. The summed E-state index contributed by atoms with van der Waals surface area (Å²) in [4.78, 5) is 0. The molecule has 0 atom stereocenters. The quantitative estimate of drug-likeness (QED) is 0.711. The van der Waals surface area contributed by atoms with Gasteiger partial charge in [0, 0.05) is 0 Å². The normalized spacial score (nSPS) is 10.5. The van der Waals surface area contributed by atoms with Crippen molar-refractivity contribution in [2.24, 2.45) is 0 Å². The van der Waals surface area contributed by atoms with Gasteiger partial charge in [-0.3, -0.25) is 0 Å². The Morgan fingerprint density at radius 3 is 2.60 bits per heavy atom. The Labute approximate surface area is 120 Å². The Kier molecular flexibility index (Phi) is 3.39. The van der Waals surface area contributed by atoms with E-state index in [0.29, 0.717) is 22.3 Å². The predicted octanol–water partition coefficient (Wildman–Crippen LogP) is 4.46. The molecule has 20 heavy (non-hydrogen) atoms. The maximum Gasteiger partial charge on any atom is 0.184 e. The van der Waals surface area contributed by atoms with Gasteiger partial charge in [0.15, 0.2) is 10.9 Å². The zero-order valence-electron chi connectivity index (χ0n) is 10.3. The topological polar surface area (TPSA) is 27.1 Å². The van der Waals surface area contributed by atoms with Crippen molar-refractivity contribution in [1.82, 2.24) is 9.78 Å². The minimum atomic E-state index is -0.348. The molecule has 0 bridgehead atoms. The van der Waals surface area contributed by atoms with Gasteiger partial charge in [-0.05, 0) is 30.3 Å². The minimum absolute atomic E-state index is 0.291. The summed E-state index contributed by atoms with van der Waals surface area (Å²) in [6.07, 6.45) is 1.50. The Morgan fingerprint density at radius 2 is 1.85 bits per heavy atom. The highest BCUT2D eigenvalue weighted by atomic mass is 35.5. The van der Waals surface area contributed by atoms with Gasteiger partial charge in [-0.1, -0.05) is 35.9 Å². The first-order valence-electron chi connectivity index (χ1n) is 5.96. The average molecular weight is 289 g/mol. The van der Waals surface area contributed by atoms with Crippen LogP contribution in [0.1, 0.15) is 0 Å². The SMILES string of the molecule is Fc1cccc(-n2ncc(Oc3ccccc3)c2Cl)c1. The van der Waals surface area contributed by atoms with Gasteiger partial charge >= 0.3 is 0 Å². The molecular weight excluding hydrogens is 279 g/mol. The van der Waals surface area contributed by atoms with Gasteiger partial charge in [-0.15, -0.1) is 0 Å². The third-order valence-corrected chi connectivity index (χ3v) is 3.05. The smallest absolute Gasteiger partial charge is 0.184 e. The lowest BCUT2D eigenvalue weighted by Crippen LogP contribution is -1.96. The van der Waals surface area contributed by atoms with Crippen molar-refractivity contribution in [3.8, 4) is 17.2 Å². The van der Waals surface area contributed by atoms with E-state index >= 15 is 0 Å². The van der Waals surface area contributed by atoms with Crippen LogP contribution in [-0.2, 0) is 0 Å². The van der Waals surface area contributed by atoms with E-state index in [4.69, 9.17) is 16.3 Å². The summed E-state index contributed by atoms with van der Waals surface area (Å²) in [5.74, 6) is 0.731. The summed E-state index contributed by atoms with van der Waals surface area (Å²) in [7, 11) is 0. The van der Waals surface area contributed by atoms with Gasteiger partial charge in [0.25, 0.3) is 0 Å². The summed E-state index contributed by atoms with van der Waals surface area (Å²) >= 11 is 6.21. The number of para-hydroxylation sites is 1. The van der Waals surface area contributed by atoms with Gasteiger partial charge in [-0.25, -0.2) is 9.07 Å². The van der Waals surface area contributed by atoms with E-state index in [1.54, 1.807) is 12.1 Å². The molecule has 3 aromatic rings. The van der Waals surface area contributed by atoms with Crippen LogP contribution in [0.5, 0.6) is 11.5 Å². The molecule has 0 saturated heterocycles. The van der Waals surface area contributed by atoms with Gasteiger partial charge in [0.2, 0.25) is 0 Å². The first kappa shape index (κ1) is 12.7. The lowest BCUT2D eigenvalue weighted by molar-refractivity contribution is 0.482. The van der Waals surface area contributed by atoms with Crippen LogP contribution in [-0.4, -0.2) is 9.78 Å². The molecule has 0 unspecified atom stereocenters. The van der Waals surface area contributed by atoms with E-state index in [-0.39, 0.29) is 5.82 Å². The van der Waals surface area contributed by atoms with Crippen LogP contribution in [0.4, 0.5) is 4.39 Å².